The van der Waals surface area contributed by atoms with Gasteiger partial charge in [0.1, 0.15) is 22.6 Å². The Bertz CT molecular complexity index is 1430. The maximum absolute atomic E-state index is 13.2. The van der Waals surface area contributed by atoms with E-state index in [1.165, 1.54) is 17.0 Å². The van der Waals surface area contributed by atoms with Gasteiger partial charge in [0.15, 0.2) is 0 Å². The maximum atomic E-state index is 13.2. The fourth-order valence-corrected chi connectivity index (χ4v) is 4.06. The molecule has 0 radical (unpaired) electrons. The van der Waals surface area contributed by atoms with Crippen LogP contribution >= 0.6 is 0 Å². The average molecular weight is 570 g/mol. The molecule has 0 saturated heterocycles. The Morgan fingerprint density at radius 3 is 2.56 bits per heavy atom. The topological polar surface area (TPSA) is 167 Å². The molecule has 13 heteroatoms. The first kappa shape index (κ1) is 31.1. The van der Waals surface area contributed by atoms with Crippen molar-refractivity contribution >= 4 is 34.9 Å². The van der Waals surface area contributed by atoms with E-state index < -0.39 is 23.5 Å². The minimum atomic E-state index is -0.663. The molecule has 0 aliphatic rings. The number of rotatable bonds is 12. The fraction of sp³-hybridized carbons (Fsp3) is 0.464. The number of nitrogens with zero attached hydrogens (tertiary/aromatic N) is 5. The van der Waals surface area contributed by atoms with Gasteiger partial charge in [0.25, 0.3) is 5.91 Å². The molecule has 2 aromatic heterocycles. The number of hydrogen-bond acceptors (Lipinski definition) is 8. The van der Waals surface area contributed by atoms with E-state index in [1.54, 1.807) is 62.2 Å². The summed E-state index contributed by atoms with van der Waals surface area (Å²) in [6.45, 7) is 10.3. The minimum Gasteiger partial charge on any atom is -0.491 e. The van der Waals surface area contributed by atoms with E-state index in [4.69, 9.17) is 15.2 Å². The average Bonchev–Trinajstić information content (AvgIpc) is 3.45. The molecule has 0 aliphatic heterocycles. The van der Waals surface area contributed by atoms with E-state index >= 15 is 0 Å². The van der Waals surface area contributed by atoms with E-state index in [1.807, 2.05) is 6.92 Å². The molecule has 3 amide bonds. The van der Waals surface area contributed by atoms with Gasteiger partial charge >= 0.3 is 6.09 Å². The van der Waals surface area contributed by atoms with Gasteiger partial charge in [0, 0.05) is 32.2 Å². The Morgan fingerprint density at radius 2 is 1.93 bits per heavy atom. The van der Waals surface area contributed by atoms with Gasteiger partial charge in [0.2, 0.25) is 11.9 Å². The molecule has 0 bridgehead atoms. The van der Waals surface area contributed by atoms with Crippen LogP contribution in [-0.4, -0.2) is 79.7 Å². The van der Waals surface area contributed by atoms with Crippen molar-refractivity contribution < 1.29 is 29.0 Å². The van der Waals surface area contributed by atoms with E-state index in [0.29, 0.717) is 47.7 Å². The van der Waals surface area contributed by atoms with Gasteiger partial charge in [-0.3, -0.25) is 19.6 Å². The number of aromatic nitrogens is 4. The number of carbonyl (C=O) groups excluding carboxylic acids is 3. The number of aryl methyl sites for hydroxylation is 2. The van der Waals surface area contributed by atoms with Crippen LogP contribution in [0, 0.1) is 6.92 Å². The summed E-state index contributed by atoms with van der Waals surface area (Å²) in [6, 6.07) is 4.74. The summed E-state index contributed by atoms with van der Waals surface area (Å²) in [6.07, 6.45) is 3.32. The molecule has 0 spiro atoms. The Balaban J connectivity index is 1.93. The van der Waals surface area contributed by atoms with Crippen LogP contribution in [0.3, 0.4) is 0 Å². The number of hydrogen-bond donors (Lipinski definition) is 3. The van der Waals surface area contributed by atoms with Crippen LogP contribution in [0.25, 0.3) is 11.0 Å². The summed E-state index contributed by atoms with van der Waals surface area (Å²) in [5, 5.41) is 16.4. The highest BCUT2D eigenvalue weighted by Gasteiger charge is 2.22. The summed E-state index contributed by atoms with van der Waals surface area (Å²) < 4.78 is 14.8. The lowest BCUT2D eigenvalue weighted by atomic mass is 10.1. The fourth-order valence-electron chi connectivity index (χ4n) is 4.06. The first-order valence-electron chi connectivity index (χ1n) is 13.4. The number of amides is 3. The van der Waals surface area contributed by atoms with Crippen LogP contribution in [0.1, 0.15) is 60.7 Å². The molecular formula is C28H39N7O6. The van der Waals surface area contributed by atoms with Gasteiger partial charge in [-0.15, -0.1) is 0 Å². The van der Waals surface area contributed by atoms with E-state index in [2.05, 4.69) is 15.4 Å². The number of carbonyl (C=O) groups is 3. The van der Waals surface area contributed by atoms with E-state index in [-0.39, 0.29) is 31.3 Å². The molecule has 222 valence electrons. The Hall–Kier alpha value is -4.39. The monoisotopic (exact) mass is 569 g/mol. The zero-order chi connectivity index (χ0) is 30.3. The summed E-state index contributed by atoms with van der Waals surface area (Å²) >= 11 is 0. The molecular weight excluding hydrogens is 530 g/mol. The van der Waals surface area contributed by atoms with Gasteiger partial charge in [-0.25, -0.2) is 9.78 Å². The first-order chi connectivity index (χ1) is 19.3. The number of primary amides is 1. The van der Waals surface area contributed by atoms with Crippen molar-refractivity contribution in [3.05, 3.63) is 47.3 Å². The van der Waals surface area contributed by atoms with Crippen molar-refractivity contribution in [3.8, 4) is 5.75 Å². The number of benzene rings is 1. The summed E-state index contributed by atoms with van der Waals surface area (Å²) in [5.41, 5.74) is 7.15. The number of ether oxygens (including phenoxy) is 2. The summed E-state index contributed by atoms with van der Waals surface area (Å²) in [5.74, 6) is -0.525. The number of aliphatic hydroxyl groups is 1. The number of allylic oxidation sites excluding steroid dienone is 1. The number of aliphatic hydroxyl groups excluding tert-OH is 1. The first-order valence-corrected chi connectivity index (χ1v) is 13.4. The molecule has 13 nitrogen and oxygen atoms in total. The van der Waals surface area contributed by atoms with E-state index in [9.17, 15) is 19.5 Å². The molecule has 41 heavy (non-hydrogen) atoms. The molecule has 3 aromatic rings. The quantitative estimate of drug-likeness (QED) is 0.221. The normalized spacial score (nSPS) is 11.7. The standard InChI is InChI=1S/C28H39N7O6/c1-7-35-21(15-18(2)32-35)25(38)31-26-30-20-16-19(24(29)37)17-22(23(20)34(26)12-8-9-13-36)40-14-10-11-33(6)27(39)41-28(3,4)5/h8-9,15-17,36H,7,10-14H2,1-6H3,(H2,29,37)(H,30,31,38)/b9-8+. The van der Waals surface area contributed by atoms with Crippen LogP contribution < -0.4 is 15.8 Å². The Kier molecular flexibility index (Phi) is 10.1. The summed E-state index contributed by atoms with van der Waals surface area (Å²) in [7, 11) is 1.64. The molecule has 0 aliphatic carbocycles. The molecule has 0 atom stereocenters. The van der Waals surface area contributed by atoms with Gasteiger partial charge in [-0.1, -0.05) is 12.2 Å². The lowest BCUT2D eigenvalue weighted by molar-refractivity contribution is 0.0292. The van der Waals surface area contributed by atoms with Crippen LogP contribution in [-0.2, 0) is 17.8 Å². The molecule has 1 aromatic carbocycles. The third-order valence-electron chi connectivity index (χ3n) is 5.91. The van der Waals surface area contributed by atoms with Crippen LogP contribution in [0.4, 0.5) is 10.7 Å². The number of nitrogens with one attached hydrogen (secondary N) is 1. The Morgan fingerprint density at radius 1 is 1.20 bits per heavy atom. The van der Waals surface area contributed by atoms with Gasteiger partial charge in [-0.05, 0) is 59.2 Å². The van der Waals surface area contributed by atoms with Gasteiger partial charge in [-0.2, -0.15) is 5.10 Å². The lowest BCUT2D eigenvalue weighted by Crippen LogP contribution is -2.35. The second-order valence-electron chi connectivity index (χ2n) is 10.5. The second kappa shape index (κ2) is 13.3. The zero-order valence-corrected chi connectivity index (χ0v) is 24.4. The van der Waals surface area contributed by atoms with Crippen LogP contribution in [0.5, 0.6) is 5.75 Å². The van der Waals surface area contributed by atoms with Gasteiger partial charge < -0.3 is 29.8 Å². The molecule has 4 N–H and O–H groups in total. The van der Waals surface area contributed by atoms with Crippen LogP contribution in [0.2, 0.25) is 0 Å². The summed E-state index contributed by atoms with van der Waals surface area (Å²) in [4.78, 5) is 43.6. The molecule has 0 saturated carbocycles. The molecule has 0 fully saturated rings. The second-order valence-corrected chi connectivity index (χ2v) is 10.5. The van der Waals surface area contributed by atoms with E-state index in [0.717, 1.165) is 0 Å². The number of nitrogens with two attached hydrogens (primary N) is 1. The largest absolute Gasteiger partial charge is 0.491 e. The molecule has 0 unspecified atom stereocenters. The molecule has 3 rings (SSSR count). The Labute approximate surface area is 238 Å². The highest BCUT2D eigenvalue weighted by molar-refractivity contribution is 6.04. The lowest BCUT2D eigenvalue weighted by Gasteiger charge is -2.24. The van der Waals surface area contributed by atoms with Crippen molar-refractivity contribution in [1.82, 2.24) is 24.2 Å². The maximum Gasteiger partial charge on any atom is 0.410 e. The highest BCUT2D eigenvalue weighted by Crippen LogP contribution is 2.31. The van der Waals surface area contributed by atoms with Crippen molar-refractivity contribution in [2.24, 2.45) is 5.73 Å². The third-order valence-corrected chi connectivity index (χ3v) is 5.91. The highest BCUT2D eigenvalue weighted by atomic mass is 16.6. The number of imidazole rings is 1. The SMILES string of the molecule is CCn1nc(C)cc1C(=O)Nc1nc2cc(C(N)=O)cc(OCCCN(C)C(=O)OC(C)(C)C)c2n1C/C=C/CO. The third kappa shape index (κ3) is 8.07. The van der Waals surface area contributed by atoms with Crippen molar-refractivity contribution in [2.75, 3.05) is 32.1 Å². The minimum absolute atomic E-state index is 0.163. The van der Waals surface area contributed by atoms with Crippen molar-refractivity contribution in [3.63, 3.8) is 0 Å². The zero-order valence-electron chi connectivity index (χ0n) is 24.4. The predicted molar refractivity (Wildman–Crippen MR) is 154 cm³/mol. The number of anilines is 1. The smallest absolute Gasteiger partial charge is 0.410 e. The number of fused-ring (bicyclic) bond motifs is 1. The van der Waals surface area contributed by atoms with Crippen molar-refractivity contribution in [2.45, 2.75) is 59.7 Å². The van der Waals surface area contributed by atoms with Crippen LogP contribution in [0.15, 0.2) is 30.4 Å². The van der Waals surface area contributed by atoms with Gasteiger partial charge in [0.05, 0.1) is 24.4 Å². The predicted octanol–water partition coefficient (Wildman–Crippen LogP) is 3.10. The van der Waals surface area contributed by atoms with Crippen molar-refractivity contribution in [1.29, 1.82) is 0 Å². The molecule has 2 heterocycles.